The summed E-state index contributed by atoms with van der Waals surface area (Å²) in [6.07, 6.45) is 8.74. The van der Waals surface area contributed by atoms with Crippen LogP contribution in [0.5, 0.6) is 0 Å². The van der Waals surface area contributed by atoms with Crippen LogP contribution in [0.4, 0.5) is 0 Å². The third-order valence-corrected chi connectivity index (χ3v) is 4.57. The molecule has 0 saturated heterocycles. The third kappa shape index (κ3) is 2.67. The topological polar surface area (TPSA) is 74.2 Å². The maximum Gasteiger partial charge on any atom is 0.228 e. The second kappa shape index (κ2) is 5.21. The monoisotopic (exact) mass is 265 g/mol. The number of nitrogens with two attached hydrogens (primary N) is 1. The molecular weight excluding hydrogens is 242 g/mol. The Kier molecular flexibility index (Phi) is 3.58. The van der Waals surface area contributed by atoms with Crippen LogP contribution in [-0.4, -0.2) is 23.3 Å². The van der Waals surface area contributed by atoms with E-state index >= 15 is 0 Å². The van der Waals surface area contributed by atoms with Crippen LogP contribution in [-0.2, 0) is 16.8 Å². The van der Waals surface area contributed by atoms with Gasteiger partial charge in [-0.25, -0.2) is 0 Å². The molecule has 2 N–H and O–H groups in total. The third-order valence-electron chi connectivity index (χ3n) is 4.57. The molecule has 5 heteroatoms. The summed E-state index contributed by atoms with van der Waals surface area (Å²) in [6.45, 7) is 0. The predicted octanol–water partition coefficient (Wildman–Crippen LogP) is 2.16. The van der Waals surface area contributed by atoms with Crippen molar-refractivity contribution in [1.82, 2.24) is 10.1 Å². The summed E-state index contributed by atoms with van der Waals surface area (Å²) in [6, 6.07) is 0.165. The Bertz CT molecular complexity index is 422. The molecule has 1 heterocycles. The lowest BCUT2D eigenvalue weighted by Crippen LogP contribution is -2.32. The van der Waals surface area contributed by atoms with Gasteiger partial charge in [0, 0.05) is 19.6 Å². The fourth-order valence-electron chi connectivity index (χ4n) is 3.06. The first-order chi connectivity index (χ1) is 9.23. The van der Waals surface area contributed by atoms with Gasteiger partial charge in [0.1, 0.15) is 5.60 Å². The lowest BCUT2D eigenvalue weighted by molar-refractivity contribution is -0.0527. The average molecular weight is 265 g/mol. The highest BCUT2D eigenvalue weighted by molar-refractivity contribution is 5.04. The van der Waals surface area contributed by atoms with E-state index in [1.54, 1.807) is 7.11 Å². The zero-order valence-electron chi connectivity index (χ0n) is 11.6. The molecule has 0 aromatic carbocycles. The van der Waals surface area contributed by atoms with Gasteiger partial charge in [-0.05, 0) is 31.6 Å². The van der Waals surface area contributed by atoms with Gasteiger partial charge in [0.2, 0.25) is 11.7 Å². The van der Waals surface area contributed by atoms with Crippen LogP contribution < -0.4 is 5.73 Å². The van der Waals surface area contributed by atoms with E-state index < -0.39 is 0 Å². The Morgan fingerprint density at radius 1 is 1.37 bits per heavy atom. The van der Waals surface area contributed by atoms with E-state index in [0.717, 1.165) is 12.8 Å². The van der Waals surface area contributed by atoms with E-state index in [9.17, 15) is 0 Å². The van der Waals surface area contributed by atoms with Gasteiger partial charge in [-0.3, -0.25) is 0 Å². The first kappa shape index (κ1) is 13.1. The van der Waals surface area contributed by atoms with Crippen LogP contribution in [0.2, 0.25) is 0 Å². The molecule has 19 heavy (non-hydrogen) atoms. The van der Waals surface area contributed by atoms with Crippen molar-refractivity contribution in [2.75, 3.05) is 7.11 Å². The molecule has 2 saturated carbocycles. The Labute approximate surface area is 113 Å². The van der Waals surface area contributed by atoms with E-state index in [4.69, 9.17) is 15.0 Å². The number of methoxy groups -OCH3 is 1. The molecule has 1 aromatic rings. The van der Waals surface area contributed by atoms with Crippen molar-refractivity contribution in [2.45, 2.75) is 63.0 Å². The Hall–Kier alpha value is -0.940. The number of hydrogen-bond acceptors (Lipinski definition) is 5. The lowest BCUT2D eigenvalue weighted by Gasteiger charge is -2.32. The molecule has 0 spiro atoms. The zero-order valence-corrected chi connectivity index (χ0v) is 11.6. The summed E-state index contributed by atoms with van der Waals surface area (Å²) in [5, 5.41) is 4.15. The van der Waals surface area contributed by atoms with E-state index in [0.29, 0.717) is 24.1 Å². The van der Waals surface area contributed by atoms with Gasteiger partial charge in [0.15, 0.2) is 0 Å². The van der Waals surface area contributed by atoms with E-state index in [-0.39, 0.29) is 11.6 Å². The number of nitrogens with zero attached hydrogens (tertiary/aromatic N) is 2. The Morgan fingerprint density at radius 2 is 2.11 bits per heavy atom. The van der Waals surface area contributed by atoms with Crippen molar-refractivity contribution in [3.05, 3.63) is 11.7 Å². The summed E-state index contributed by atoms with van der Waals surface area (Å²) in [7, 11) is 1.75. The van der Waals surface area contributed by atoms with Crippen LogP contribution >= 0.6 is 0 Å². The summed E-state index contributed by atoms with van der Waals surface area (Å²) in [4.78, 5) is 4.54. The lowest BCUT2D eigenvalue weighted by atomic mass is 9.84. The largest absolute Gasteiger partial charge is 0.370 e. The van der Waals surface area contributed by atoms with Gasteiger partial charge in [-0.2, -0.15) is 4.98 Å². The molecule has 1 atom stereocenters. The fraction of sp³-hybridized carbons (Fsp3) is 0.857. The number of ether oxygens (including phenoxy) is 1. The molecule has 106 valence electrons. The second-order valence-corrected chi connectivity index (χ2v) is 5.98. The maximum absolute atomic E-state index is 6.11. The molecule has 0 amide bonds. The first-order valence-electron chi connectivity index (χ1n) is 7.37. The maximum atomic E-state index is 6.11. The Balaban J connectivity index is 1.71. The van der Waals surface area contributed by atoms with Crippen LogP contribution in [0.1, 0.15) is 56.7 Å². The summed E-state index contributed by atoms with van der Waals surface area (Å²) in [5.74, 6) is 2.03. The molecule has 2 aliphatic rings. The second-order valence-electron chi connectivity index (χ2n) is 5.98. The summed E-state index contributed by atoms with van der Waals surface area (Å²) >= 11 is 0. The standard InChI is InChI=1S/C14H23N3O2/c1-18-14(7-3-2-4-8-14)13-16-12(19-17-13)9-11(15)10-5-6-10/h10-11H,2-9,15H2,1H3. The molecule has 2 aliphatic carbocycles. The van der Waals surface area contributed by atoms with Crippen LogP contribution in [0, 0.1) is 5.92 Å². The zero-order chi connectivity index (χ0) is 13.3. The molecule has 0 aliphatic heterocycles. The minimum Gasteiger partial charge on any atom is -0.370 e. The summed E-state index contributed by atoms with van der Waals surface area (Å²) in [5.41, 5.74) is 5.78. The number of aromatic nitrogens is 2. The van der Waals surface area contributed by atoms with Gasteiger partial charge in [0.05, 0.1) is 0 Å². The van der Waals surface area contributed by atoms with Crippen molar-refractivity contribution >= 4 is 0 Å². The fourth-order valence-corrected chi connectivity index (χ4v) is 3.06. The minimum absolute atomic E-state index is 0.165. The smallest absolute Gasteiger partial charge is 0.228 e. The molecular formula is C14H23N3O2. The molecule has 0 bridgehead atoms. The van der Waals surface area contributed by atoms with Gasteiger partial charge < -0.3 is 15.0 Å². The predicted molar refractivity (Wildman–Crippen MR) is 70.5 cm³/mol. The van der Waals surface area contributed by atoms with Crippen molar-refractivity contribution < 1.29 is 9.26 Å². The van der Waals surface area contributed by atoms with Gasteiger partial charge in [-0.1, -0.05) is 24.4 Å². The molecule has 1 aromatic heterocycles. The van der Waals surface area contributed by atoms with Crippen molar-refractivity contribution in [1.29, 1.82) is 0 Å². The SMILES string of the molecule is COC1(c2noc(CC(N)C3CC3)n2)CCCCC1. The van der Waals surface area contributed by atoms with Gasteiger partial charge in [-0.15, -0.1) is 0 Å². The van der Waals surface area contributed by atoms with E-state index in [1.165, 1.54) is 32.1 Å². The van der Waals surface area contributed by atoms with Crippen LogP contribution in [0.3, 0.4) is 0 Å². The molecule has 5 nitrogen and oxygen atoms in total. The van der Waals surface area contributed by atoms with Crippen molar-refractivity contribution in [2.24, 2.45) is 11.7 Å². The highest BCUT2D eigenvalue weighted by Crippen LogP contribution is 2.38. The number of rotatable bonds is 5. The Morgan fingerprint density at radius 3 is 2.74 bits per heavy atom. The molecule has 1 unspecified atom stereocenters. The number of hydrogen-bond donors (Lipinski definition) is 1. The van der Waals surface area contributed by atoms with E-state index in [2.05, 4.69) is 10.1 Å². The van der Waals surface area contributed by atoms with Crippen molar-refractivity contribution in [3.8, 4) is 0 Å². The molecule has 2 fully saturated rings. The molecule has 3 rings (SSSR count). The normalized spacial score (nSPS) is 24.3. The quantitative estimate of drug-likeness (QED) is 0.883. The highest BCUT2D eigenvalue weighted by atomic mass is 16.5. The van der Waals surface area contributed by atoms with Gasteiger partial charge in [0.25, 0.3) is 0 Å². The van der Waals surface area contributed by atoms with Crippen molar-refractivity contribution in [3.63, 3.8) is 0 Å². The average Bonchev–Trinajstić information content (AvgIpc) is 3.20. The molecule has 0 radical (unpaired) electrons. The van der Waals surface area contributed by atoms with E-state index in [1.807, 2.05) is 0 Å². The van der Waals surface area contributed by atoms with Gasteiger partial charge >= 0.3 is 0 Å². The van der Waals surface area contributed by atoms with Crippen LogP contribution in [0.25, 0.3) is 0 Å². The minimum atomic E-state index is -0.330. The summed E-state index contributed by atoms with van der Waals surface area (Å²) < 4.78 is 11.1. The highest BCUT2D eigenvalue weighted by Gasteiger charge is 2.39. The first-order valence-corrected chi connectivity index (χ1v) is 7.37. The van der Waals surface area contributed by atoms with Crippen LogP contribution in [0.15, 0.2) is 4.52 Å².